The van der Waals surface area contributed by atoms with E-state index in [1.165, 1.54) is 14.0 Å². The van der Waals surface area contributed by atoms with Gasteiger partial charge in [0.1, 0.15) is 6.10 Å². The Labute approximate surface area is 88.9 Å². The maximum Gasteiger partial charge on any atom is 0.308 e. The molecule has 1 unspecified atom stereocenters. The molecule has 0 radical (unpaired) electrons. The van der Waals surface area contributed by atoms with Crippen molar-refractivity contribution in [3.8, 4) is 0 Å². The molecule has 0 aromatic carbocycles. The molecular weight excluding hydrogens is 198 g/mol. The number of carbonyl (C=O) groups excluding carboxylic acids is 2. The SMILES string of the molecule is COC(=O)C1CC[C@H](N)[C@H](OC(C)=O)C1. The van der Waals surface area contributed by atoms with E-state index < -0.39 is 0 Å². The third-order valence-corrected chi connectivity index (χ3v) is 2.69. The summed E-state index contributed by atoms with van der Waals surface area (Å²) < 4.78 is 9.71. The van der Waals surface area contributed by atoms with E-state index in [1.54, 1.807) is 0 Å². The summed E-state index contributed by atoms with van der Waals surface area (Å²) in [6, 6.07) is -0.171. The van der Waals surface area contributed by atoms with E-state index in [-0.39, 0.29) is 30.0 Å². The average Bonchev–Trinajstić information content (AvgIpc) is 2.19. The van der Waals surface area contributed by atoms with E-state index in [0.717, 1.165) is 0 Å². The van der Waals surface area contributed by atoms with Crippen LogP contribution in [0.1, 0.15) is 26.2 Å². The van der Waals surface area contributed by atoms with Crippen LogP contribution in [0.2, 0.25) is 0 Å². The third-order valence-electron chi connectivity index (χ3n) is 2.69. The van der Waals surface area contributed by atoms with Gasteiger partial charge in [0.15, 0.2) is 0 Å². The van der Waals surface area contributed by atoms with Crippen molar-refractivity contribution in [1.82, 2.24) is 0 Å². The van der Waals surface area contributed by atoms with Gasteiger partial charge in [-0.2, -0.15) is 0 Å². The van der Waals surface area contributed by atoms with Gasteiger partial charge in [-0.3, -0.25) is 9.59 Å². The molecule has 0 aromatic rings. The topological polar surface area (TPSA) is 78.6 Å². The summed E-state index contributed by atoms with van der Waals surface area (Å²) in [7, 11) is 1.36. The van der Waals surface area contributed by atoms with Crippen molar-refractivity contribution in [1.29, 1.82) is 0 Å². The largest absolute Gasteiger partial charge is 0.469 e. The summed E-state index contributed by atoms with van der Waals surface area (Å²) in [6.07, 6.45) is 1.48. The number of carbonyl (C=O) groups is 2. The van der Waals surface area contributed by atoms with Gasteiger partial charge in [0.2, 0.25) is 0 Å². The molecule has 0 amide bonds. The fourth-order valence-corrected chi connectivity index (χ4v) is 1.88. The van der Waals surface area contributed by atoms with Gasteiger partial charge in [0.25, 0.3) is 0 Å². The lowest BCUT2D eigenvalue weighted by Crippen LogP contribution is -2.44. The first-order chi connectivity index (χ1) is 7.04. The van der Waals surface area contributed by atoms with Crippen molar-refractivity contribution in [2.45, 2.75) is 38.3 Å². The van der Waals surface area contributed by atoms with Gasteiger partial charge in [-0.05, 0) is 19.3 Å². The van der Waals surface area contributed by atoms with Crippen LogP contribution in [0.15, 0.2) is 0 Å². The molecule has 0 bridgehead atoms. The molecule has 0 heterocycles. The number of hydrogen-bond donors (Lipinski definition) is 1. The Morgan fingerprint density at radius 2 is 2.00 bits per heavy atom. The Hall–Kier alpha value is -1.10. The Bertz CT molecular complexity index is 254. The summed E-state index contributed by atoms with van der Waals surface area (Å²) in [5.74, 6) is -0.806. The Kier molecular flexibility index (Phi) is 4.08. The number of rotatable bonds is 2. The lowest BCUT2D eigenvalue weighted by atomic mass is 9.84. The minimum Gasteiger partial charge on any atom is -0.469 e. The molecule has 1 fully saturated rings. The van der Waals surface area contributed by atoms with Gasteiger partial charge < -0.3 is 15.2 Å². The molecule has 0 spiro atoms. The molecule has 0 aromatic heterocycles. The van der Waals surface area contributed by atoms with Crippen LogP contribution in [0.5, 0.6) is 0 Å². The van der Waals surface area contributed by atoms with Crippen LogP contribution in [0.3, 0.4) is 0 Å². The number of methoxy groups -OCH3 is 1. The number of hydrogen-bond acceptors (Lipinski definition) is 5. The van der Waals surface area contributed by atoms with Gasteiger partial charge in [-0.25, -0.2) is 0 Å². The Morgan fingerprint density at radius 3 is 2.53 bits per heavy atom. The lowest BCUT2D eigenvalue weighted by molar-refractivity contribution is -0.156. The molecule has 1 aliphatic carbocycles. The standard InChI is InChI=1S/C10H17NO4/c1-6(12)15-9-5-7(10(13)14-2)3-4-8(9)11/h7-9H,3-5,11H2,1-2H3/t7?,8-,9+/m0/s1. The Balaban J connectivity index is 2.55. The molecule has 5 nitrogen and oxygen atoms in total. The maximum atomic E-state index is 11.3. The zero-order valence-electron chi connectivity index (χ0n) is 9.06. The molecule has 2 N–H and O–H groups in total. The van der Waals surface area contributed by atoms with Crippen LogP contribution in [0.4, 0.5) is 0 Å². The molecule has 15 heavy (non-hydrogen) atoms. The van der Waals surface area contributed by atoms with E-state index in [2.05, 4.69) is 4.74 Å². The number of nitrogens with two attached hydrogens (primary N) is 1. The second kappa shape index (κ2) is 5.11. The highest BCUT2D eigenvalue weighted by Gasteiger charge is 2.34. The van der Waals surface area contributed by atoms with Crippen LogP contribution in [-0.2, 0) is 19.1 Å². The first-order valence-corrected chi connectivity index (χ1v) is 5.05. The van der Waals surface area contributed by atoms with Gasteiger partial charge in [-0.1, -0.05) is 0 Å². The summed E-state index contributed by atoms with van der Waals surface area (Å²) in [5.41, 5.74) is 5.80. The highest BCUT2D eigenvalue weighted by molar-refractivity contribution is 5.72. The smallest absolute Gasteiger partial charge is 0.308 e. The summed E-state index contributed by atoms with van der Waals surface area (Å²) >= 11 is 0. The second-order valence-corrected chi connectivity index (χ2v) is 3.84. The molecule has 3 atom stereocenters. The fraction of sp³-hybridized carbons (Fsp3) is 0.800. The van der Waals surface area contributed by atoms with Crippen LogP contribution in [-0.4, -0.2) is 31.2 Å². The highest BCUT2D eigenvalue weighted by atomic mass is 16.5. The molecule has 0 aliphatic heterocycles. The first kappa shape index (κ1) is 12.0. The predicted molar refractivity (Wildman–Crippen MR) is 52.9 cm³/mol. The Morgan fingerprint density at radius 1 is 1.33 bits per heavy atom. The van der Waals surface area contributed by atoms with Crippen molar-refractivity contribution >= 4 is 11.9 Å². The molecule has 86 valence electrons. The zero-order chi connectivity index (χ0) is 11.4. The second-order valence-electron chi connectivity index (χ2n) is 3.84. The average molecular weight is 215 g/mol. The van der Waals surface area contributed by atoms with E-state index >= 15 is 0 Å². The van der Waals surface area contributed by atoms with E-state index in [1.807, 2.05) is 0 Å². The van der Waals surface area contributed by atoms with Crippen LogP contribution < -0.4 is 5.73 Å². The predicted octanol–water partition coefficient (Wildman–Crippen LogP) is 0.218. The first-order valence-electron chi connectivity index (χ1n) is 5.05. The van der Waals surface area contributed by atoms with E-state index in [9.17, 15) is 9.59 Å². The van der Waals surface area contributed by atoms with Crippen LogP contribution in [0.25, 0.3) is 0 Å². The summed E-state index contributed by atoms with van der Waals surface area (Å²) in [4.78, 5) is 22.1. The van der Waals surface area contributed by atoms with Crippen molar-refractivity contribution < 1.29 is 19.1 Å². The van der Waals surface area contributed by atoms with Gasteiger partial charge >= 0.3 is 11.9 Å². The van der Waals surface area contributed by atoms with Gasteiger partial charge in [0.05, 0.1) is 13.0 Å². The minimum atomic E-state index is -0.361. The molecule has 5 heteroatoms. The van der Waals surface area contributed by atoms with Crippen LogP contribution in [0, 0.1) is 5.92 Å². The summed E-state index contributed by atoms with van der Waals surface area (Å²) in [5, 5.41) is 0. The van der Waals surface area contributed by atoms with Crippen molar-refractivity contribution in [3.63, 3.8) is 0 Å². The van der Waals surface area contributed by atoms with Crippen molar-refractivity contribution in [2.75, 3.05) is 7.11 Å². The zero-order valence-corrected chi connectivity index (χ0v) is 9.06. The highest BCUT2D eigenvalue weighted by Crippen LogP contribution is 2.26. The lowest BCUT2D eigenvalue weighted by Gasteiger charge is -2.31. The number of ether oxygens (including phenoxy) is 2. The normalized spacial score (nSPS) is 30.7. The molecule has 0 saturated heterocycles. The molecular formula is C10H17NO4. The third kappa shape index (κ3) is 3.20. The minimum absolute atomic E-state index is 0.171. The monoisotopic (exact) mass is 215 g/mol. The van der Waals surface area contributed by atoms with E-state index in [4.69, 9.17) is 10.5 Å². The van der Waals surface area contributed by atoms with E-state index in [0.29, 0.717) is 19.3 Å². The molecule has 1 saturated carbocycles. The quantitative estimate of drug-likeness (QED) is 0.666. The summed E-state index contributed by atoms with van der Waals surface area (Å²) in [6.45, 7) is 1.34. The van der Waals surface area contributed by atoms with Gasteiger partial charge in [0, 0.05) is 13.0 Å². The molecule has 1 rings (SSSR count). The van der Waals surface area contributed by atoms with Crippen LogP contribution >= 0.6 is 0 Å². The van der Waals surface area contributed by atoms with Crippen molar-refractivity contribution in [3.05, 3.63) is 0 Å². The molecule has 1 aliphatic rings. The number of esters is 2. The van der Waals surface area contributed by atoms with Crippen molar-refractivity contribution in [2.24, 2.45) is 11.7 Å². The van der Waals surface area contributed by atoms with Gasteiger partial charge in [-0.15, -0.1) is 0 Å². The fourth-order valence-electron chi connectivity index (χ4n) is 1.88. The maximum absolute atomic E-state index is 11.3.